The Hall–Kier alpha value is -1.05. The number of hydrogen-bond acceptors (Lipinski definition) is 4. The summed E-state index contributed by atoms with van der Waals surface area (Å²) in [5.74, 6) is 0. The van der Waals surface area contributed by atoms with E-state index in [0.29, 0.717) is 16.3 Å². The number of oxazole rings is 1. The van der Waals surface area contributed by atoms with Crippen molar-refractivity contribution in [3.63, 3.8) is 0 Å². The second-order valence-corrected chi connectivity index (χ2v) is 5.41. The minimum atomic E-state index is -4.17. The first-order valence-electron chi connectivity index (χ1n) is 4.37. The van der Waals surface area contributed by atoms with Crippen LogP contribution in [0, 0.1) is 0 Å². The van der Waals surface area contributed by atoms with Gasteiger partial charge in [0.1, 0.15) is 11.9 Å². The van der Waals surface area contributed by atoms with Crippen LogP contribution in [0.15, 0.2) is 32.7 Å². The molecule has 0 amide bonds. The van der Waals surface area contributed by atoms with Crippen LogP contribution in [0.25, 0.3) is 11.1 Å². The Kier molecular flexibility index (Phi) is 2.69. The molecule has 1 N–H and O–H groups in total. The highest BCUT2D eigenvalue weighted by molar-refractivity contribution is 7.98. The van der Waals surface area contributed by atoms with Crippen molar-refractivity contribution in [2.24, 2.45) is 7.05 Å². The summed E-state index contributed by atoms with van der Waals surface area (Å²) in [7, 11) is -2.40. The summed E-state index contributed by atoms with van der Waals surface area (Å²) in [5, 5.41) is 0.669. The van der Waals surface area contributed by atoms with Gasteiger partial charge in [-0.15, -0.1) is 0 Å². The summed E-state index contributed by atoms with van der Waals surface area (Å²) in [5.41, 5.74) is 1.21. The fourth-order valence-corrected chi connectivity index (χ4v) is 2.49. The third kappa shape index (κ3) is 1.81. The molecule has 0 unspecified atom stereocenters. The van der Waals surface area contributed by atoms with Gasteiger partial charge in [-0.25, -0.2) is 0 Å². The molecule has 7 heteroatoms. The Bertz CT molecular complexity index is 645. The van der Waals surface area contributed by atoms with Crippen molar-refractivity contribution in [2.45, 2.75) is 10.1 Å². The van der Waals surface area contributed by atoms with Crippen LogP contribution >= 0.6 is 11.8 Å². The fraction of sp³-hybridized carbons (Fsp3) is 0.222. The lowest BCUT2D eigenvalue weighted by molar-refractivity contribution is -0.692. The molecule has 1 heterocycles. The van der Waals surface area contributed by atoms with E-state index in [0.717, 1.165) is 0 Å². The average Bonchev–Trinajstić information content (AvgIpc) is 2.54. The van der Waals surface area contributed by atoms with E-state index in [-0.39, 0.29) is 4.90 Å². The van der Waals surface area contributed by atoms with Crippen molar-refractivity contribution < 1.29 is 22.0 Å². The van der Waals surface area contributed by atoms with Crippen molar-refractivity contribution in [3.05, 3.63) is 18.2 Å². The Morgan fingerprint density at radius 3 is 2.69 bits per heavy atom. The standard InChI is InChI=1S/C9H9NO4S2/c1-10-7-5-6(16(11,12)13)3-4-8(7)14-9(10)15-2/h3-5H,1-2H3/p+1. The van der Waals surface area contributed by atoms with Crippen molar-refractivity contribution in [3.8, 4) is 0 Å². The van der Waals surface area contributed by atoms with Crippen molar-refractivity contribution in [1.29, 1.82) is 0 Å². The Labute approximate surface area is 96.8 Å². The summed E-state index contributed by atoms with van der Waals surface area (Å²) in [4.78, 5) is -0.135. The van der Waals surface area contributed by atoms with Crippen molar-refractivity contribution in [1.82, 2.24) is 0 Å². The van der Waals surface area contributed by atoms with Crippen molar-refractivity contribution >= 4 is 33.0 Å². The summed E-state index contributed by atoms with van der Waals surface area (Å²) in [6.07, 6.45) is 1.86. The van der Waals surface area contributed by atoms with E-state index < -0.39 is 10.1 Å². The number of hydrogen-bond donors (Lipinski definition) is 1. The Morgan fingerprint density at radius 1 is 1.44 bits per heavy atom. The van der Waals surface area contributed by atoms with Gasteiger partial charge in [0.25, 0.3) is 15.6 Å². The van der Waals surface area contributed by atoms with Crippen LogP contribution in [0.2, 0.25) is 0 Å². The van der Waals surface area contributed by atoms with E-state index in [1.165, 1.54) is 30.0 Å². The summed E-state index contributed by atoms with van der Waals surface area (Å²) >= 11 is 1.42. The lowest BCUT2D eigenvalue weighted by atomic mass is 10.3. The highest BCUT2D eigenvalue weighted by Crippen LogP contribution is 2.21. The molecule has 0 fully saturated rings. The molecule has 0 aliphatic rings. The maximum Gasteiger partial charge on any atom is 0.411 e. The molecule has 0 saturated heterocycles. The molecule has 0 atom stereocenters. The van der Waals surface area contributed by atoms with Gasteiger partial charge in [0.2, 0.25) is 5.58 Å². The molecule has 0 radical (unpaired) electrons. The normalized spacial score (nSPS) is 12.2. The summed E-state index contributed by atoms with van der Waals surface area (Å²) in [6, 6.07) is 4.22. The predicted octanol–water partition coefficient (Wildman–Crippen LogP) is 1.23. The second kappa shape index (κ2) is 3.76. The van der Waals surface area contributed by atoms with Crippen LogP contribution in [0.3, 0.4) is 0 Å². The molecule has 1 aromatic carbocycles. The van der Waals surface area contributed by atoms with Crippen LogP contribution in [-0.2, 0) is 17.2 Å². The van der Waals surface area contributed by atoms with E-state index in [1.54, 1.807) is 11.6 Å². The van der Waals surface area contributed by atoms with Gasteiger partial charge in [-0.3, -0.25) is 4.55 Å². The van der Waals surface area contributed by atoms with E-state index in [2.05, 4.69) is 0 Å². The SMILES string of the molecule is CSc1oc2ccc(S(=O)(=O)O)cc2[n+]1C. The first-order chi connectivity index (χ1) is 7.43. The topological polar surface area (TPSA) is 71.4 Å². The molecule has 0 bridgehead atoms. The van der Waals surface area contributed by atoms with Crippen LogP contribution in [0.5, 0.6) is 0 Å². The number of benzene rings is 1. The highest BCUT2D eigenvalue weighted by atomic mass is 32.2. The zero-order valence-corrected chi connectivity index (χ0v) is 10.3. The van der Waals surface area contributed by atoms with E-state index in [9.17, 15) is 8.42 Å². The number of thioether (sulfide) groups is 1. The van der Waals surface area contributed by atoms with Crippen molar-refractivity contribution in [2.75, 3.05) is 6.26 Å². The number of nitrogens with zero attached hydrogens (tertiary/aromatic N) is 1. The number of fused-ring (bicyclic) bond motifs is 1. The predicted molar refractivity (Wildman–Crippen MR) is 59.0 cm³/mol. The molecule has 0 aliphatic heterocycles. The fourth-order valence-electron chi connectivity index (χ4n) is 1.45. The van der Waals surface area contributed by atoms with Crippen LogP contribution < -0.4 is 4.57 Å². The van der Waals surface area contributed by atoms with Gasteiger partial charge in [-0.1, -0.05) is 0 Å². The number of aromatic nitrogens is 1. The van der Waals surface area contributed by atoms with Crippen LogP contribution in [0.1, 0.15) is 0 Å². The molecule has 0 spiro atoms. The molecule has 86 valence electrons. The first-order valence-corrected chi connectivity index (χ1v) is 7.04. The summed E-state index contributed by atoms with van der Waals surface area (Å²) < 4.78 is 38.1. The third-order valence-electron chi connectivity index (χ3n) is 2.24. The van der Waals surface area contributed by atoms with Gasteiger partial charge >= 0.3 is 5.22 Å². The monoisotopic (exact) mass is 260 g/mol. The zero-order chi connectivity index (χ0) is 11.9. The molecule has 1 aromatic heterocycles. The smallest absolute Gasteiger partial charge is 0.393 e. The molecule has 5 nitrogen and oxygen atoms in total. The molecule has 0 aliphatic carbocycles. The molecular formula is C9H10NO4S2+. The number of aryl methyl sites for hydroxylation is 1. The molecule has 0 saturated carbocycles. The molecule has 2 rings (SSSR count). The lowest BCUT2D eigenvalue weighted by Gasteiger charge is -1.93. The zero-order valence-electron chi connectivity index (χ0n) is 8.67. The van der Waals surface area contributed by atoms with Gasteiger partial charge < -0.3 is 4.42 Å². The van der Waals surface area contributed by atoms with E-state index >= 15 is 0 Å². The van der Waals surface area contributed by atoms with E-state index in [1.807, 2.05) is 6.26 Å². The van der Waals surface area contributed by atoms with Gasteiger partial charge in [-0.2, -0.15) is 13.0 Å². The average molecular weight is 260 g/mol. The van der Waals surface area contributed by atoms with Gasteiger partial charge in [0, 0.05) is 6.07 Å². The Balaban J connectivity index is 2.75. The van der Waals surface area contributed by atoms with Gasteiger partial charge in [-0.05, 0) is 30.2 Å². The van der Waals surface area contributed by atoms with Crippen LogP contribution in [-0.4, -0.2) is 19.2 Å². The largest absolute Gasteiger partial charge is 0.411 e. The van der Waals surface area contributed by atoms with Gasteiger partial charge in [0.15, 0.2) is 0 Å². The molecule has 16 heavy (non-hydrogen) atoms. The minimum Gasteiger partial charge on any atom is -0.393 e. The lowest BCUT2D eigenvalue weighted by Crippen LogP contribution is -2.28. The quantitative estimate of drug-likeness (QED) is 0.499. The van der Waals surface area contributed by atoms with E-state index in [4.69, 9.17) is 8.97 Å². The number of rotatable bonds is 2. The molecule has 2 aromatic rings. The first kappa shape index (κ1) is 11.4. The summed E-state index contributed by atoms with van der Waals surface area (Å²) in [6.45, 7) is 0. The highest BCUT2D eigenvalue weighted by Gasteiger charge is 2.21. The minimum absolute atomic E-state index is 0.135. The third-order valence-corrected chi connectivity index (χ3v) is 3.79. The van der Waals surface area contributed by atoms with Crippen LogP contribution in [0.4, 0.5) is 0 Å². The molecular weight excluding hydrogens is 250 g/mol. The van der Waals surface area contributed by atoms with Gasteiger partial charge in [0.05, 0.1) is 0 Å². The maximum atomic E-state index is 11.0. The maximum absolute atomic E-state index is 11.0. The Morgan fingerprint density at radius 2 is 2.12 bits per heavy atom. The second-order valence-electron chi connectivity index (χ2n) is 3.24.